The number of urea groups is 1. The predicted molar refractivity (Wildman–Crippen MR) is 117 cm³/mol. The van der Waals surface area contributed by atoms with E-state index >= 15 is 0 Å². The van der Waals surface area contributed by atoms with Gasteiger partial charge in [0, 0.05) is 0 Å². The Morgan fingerprint density at radius 3 is 2.57 bits per heavy atom. The van der Waals surface area contributed by atoms with Crippen molar-refractivity contribution in [1.29, 1.82) is 0 Å². The fourth-order valence-electron chi connectivity index (χ4n) is 2.98. The monoisotopic (exact) mass is 428 g/mol. The summed E-state index contributed by atoms with van der Waals surface area (Å²) in [6, 6.07) is 12.3. The van der Waals surface area contributed by atoms with Crippen molar-refractivity contribution in [3.63, 3.8) is 0 Å². The first-order valence-corrected chi connectivity index (χ1v) is 10.3. The van der Waals surface area contributed by atoms with Crippen LogP contribution in [0.2, 0.25) is 5.02 Å². The van der Waals surface area contributed by atoms with Crippen molar-refractivity contribution in [2.45, 2.75) is 39.8 Å². The van der Waals surface area contributed by atoms with Crippen molar-refractivity contribution in [2.75, 3.05) is 6.61 Å². The first-order chi connectivity index (χ1) is 14.4. The van der Waals surface area contributed by atoms with E-state index < -0.39 is 11.9 Å². The highest BCUT2D eigenvalue weighted by Gasteiger charge is 2.33. The van der Waals surface area contributed by atoms with Gasteiger partial charge in [0.05, 0.1) is 24.3 Å². The maximum atomic E-state index is 12.8. The molecule has 3 amide bonds. The van der Waals surface area contributed by atoms with E-state index in [0.29, 0.717) is 28.7 Å². The van der Waals surface area contributed by atoms with Crippen LogP contribution in [0.4, 0.5) is 4.79 Å². The van der Waals surface area contributed by atoms with Gasteiger partial charge in [0.25, 0.3) is 5.91 Å². The number of rotatable bonds is 8. The molecule has 1 aliphatic rings. The predicted octanol–water partition coefficient (Wildman–Crippen LogP) is 5.01. The Hall–Kier alpha value is -2.99. The maximum Gasteiger partial charge on any atom is 0.329 e. The summed E-state index contributed by atoms with van der Waals surface area (Å²) in [7, 11) is 0. The highest BCUT2D eigenvalue weighted by Crippen LogP contribution is 2.38. The van der Waals surface area contributed by atoms with Gasteiger partial charge in [0.1, 0.15) is 5.70 Å². The van der Waals surface area contributed by atoms with E-state index in [4.69, 9.17) is 21.1 Å². The Bertz CT molecular complexity index is 959. The topological polar surface area (TPSA) is 67.9 Å². The van der Waals surface area contributed by atoms with Crippen LogP contribution in [0.15, 0.2) is 48.2 Å². The number of hydrogen-bond donors (Lipinski definition) is 1. The van der Waals surface area contributed by atoms with Crippen molar-refractivity contribution in [3.05, 3.63) is 64.3 Å². The van der Waals surface area contributed by atoms with Crippen molar-refractivity contribution < 1.29 is 19.1 Å². The lowest BCUT2D eigenvalue weighted by atomic mass is 10.1. The van der Waals surface area contributed by atoms with E-state index in [1.165, 1.54) is 4.90 Å². The van der Waals surface area contributed by atoms with Gasteiger partial charge < -0.3 is 14.8 Å². The average molecular weight is 429 g/mol. The van der Waals surface area contributed by atoms with Gasteiger partial charge in [-0.1, -0.05) is 48.9 Å². The fourth-order valence-corrected chi connectivity index (χ4v) is 3.24. The van der Waals surface area contributed by atoms with Crippen LogP contribution >= 0.6 is 11.6 Å². The molecule has 0 aromatic heterocycles. The number of halogens is 1. The Morgan fingerprint density at radius 2 is 1.90 bits per heavy atom. The van der Waals surface area contributed by atoms with Gasteiger partial charge in [0.15, 0.2) is 11.5 Å². The Labute approximate surface area is 181 Å². The molecule has 1 aliphatic heterocycles. The van der Waals surface area contributed by atoms with Gasteiger partial charge in [-0.15, -0.1) is 0 Å². The second-order valence-electron chi connectivity index (χ2n) is 6.96. The number of hydrogen-bond acceptors (Lipinski definition) is 4. The highest BCUT2D eigenvalue weighted by atomic mass is 35.5. The van der Waals surface area contributed by atoms with Gasteiger partial charge in [-0.2, -0.15) is 0 Å². The number of carbonyl (C=O) groups is 2. The quantitative estimate of drug-likeness (QED) is 0.474. The summed E-state index contributed by atoms with van der Waals surface area (Å²) in [6.45, 7) is 6.49. The molecule has 30 heavy (non-hydrogen) atoms. The highest BCUT2D eigenvalue weighted by molar-refractivity contribution is 6.32. The molecule has 1 saturated heterocycles. The van der Waals surface area contributed by atoms with Crippen LogP contribution in [0.5, 0.6) is 11.5 Å². The Kier molecular flexibility index (Phi) is 7.00. The van der Waals surface area contributed by atoms with E-state index in [-0.39, 0.29) is 18.3 Å². The number of imide groups is 1. The zero-order chi connectivity index (χ0) is 21.7. The van der Waals surface area contributed by atoms with E-state index in [2.05, 4.69) is 5.32 Å². The molecule has 0 saturated carbocycles. The number of carbonyl (C=O) groups excluding carboxylic acids is 2. The first kappa shape index (κ1) is 21.7. The SMILES string of the molecule is CCOc1cc(/C=C2/NC(=O)N(Cc3ccccc3)C2=O)cc(Cl)c1O[C@@H](C)CC. The minimum Gasteiger partial charge on any atom is -0.490 e. The van der Waals surface area contributed by atoms with Gasteiger partial charge in [-0.3, -0.25) is 9.69 Å². The fraction of sp³-hybridized carbons (Fsp3) is 0.304. The molecular weight excluding hydrogens is 404 g/mol. The first-order valence-electron chi connectivity index (χ1n) is 9.94. The van der Waals surface area contributed by atoms with E-state index in [0.717, 1.165) is 12.0 Å². The molecule has 0 aliphatic carbocycles. The molecule has 0 spiro atoms. The standard InChI is InChI=1S/C23H25ClN2O4/c1-4-15(3)30-21-18(24)11-17(13-20(21)29-5-2)12-19-22(27)26(23(28)25-19)14-16-9-7-6-8-10-16/h6-13,15H,4-5,14H2,1-3H3,(H,25,28)/b19-12+/t15-/m0/s1. The second kappa shape index (κ2) is 9.67. The van der Waals surface area contributed by atoms with Crippen LogP contribution in [0.3, 0.4) is 0 Å². The molecular formula is C23H25ClN2O4. The number of nitrogens with zero attached hydrogens (tertiary/aromatic N) is 1. The summed E-state index contributed by atoms with van der Waals surface area (Å²) in [5, 5.41) is 3.01. The normalized spacial score (nSPS) is 16.0. The largest absolute Gasteiger partial charge is 0.490 e. The van der Waals surface area contributed by atoms with Crippen LogP contribution in [0.1, 0.15) is 38.3 Å². The zero-order valence-corrected chi connectivity index (χ0v) is 18.0. The zero-order valence-electron chi connectivity index (χ0n) is 17.3. The summed E-state index contributed by atoms with van der Waals surface area (Å²) in [5.74, 6) is 0.579. The maximum absolute atomic E-state index is 12.8. The summed E-state index contributed by atoms with van der Waals surface area (Å²) in [5.41, 5.74) is 1.69. The van der Waals surface area contributed by atoms with E-state index in [9.17, 15) is 9.59 Å². The molecule has 2 aromatic rings. The Balaban J connectivity index is 1.87. The molecule has 0 unspecified atom stereocenters. The minimum absolute atomic E-state index is 0.0202. The molecule has 1 N–H and O–H groups in total. The smallest absolute Gasteiger partial charge is 0.329 e. The van der Waals surface area contributed by atoms with Gasteiger partial charge in [0.2, 0.25) is 0 Å². The van der Waals surface area contributed by atoms with Crippen molar-refractivity contribution >= 4 is 29.6 Å². The van der Waals surface area contributed by atoms with Crippen molar-refractivity contribution in [2.24, 2.45) is 0 Å². The molecule has 1 heterocycles. The Morgan fingerprint density at radius 1 is 1.17 bits per heavy atom. The molecule has 2 aromatic carbocycles. The molecule has 1 atom stereocenters. The molecule has 1 fully saturated rings. The average Bonchev–Trinajstić information content (AvgIpc) is 2.98. The van der Waals surface area contributed by atoms with E-state index in [1.807, 2.05) is 51.1 Å². The van der Waals surface area contributed by atoms with Gasteiger partial charge >= 0.3 is 6.03 Å². The van der Waals surface area contributed by atoms with E-state index in [1.54, 1.807) is 18.2 Å². The number of amides is 3. The summed E-state index contributed by atoms with van der Waals surface area (Å²) < 4.78 is 11.6. The molecule has 6 nitrogen and oxygen atoms in total. The lowest BCUT2D eigenvalue weighted by Crippen LogP contribution is -2.30. The van der Waals surface area contributed by atoms with Gasteiger partial charge in [-0.25, -0.2) is 4.79 Å². The van der Waals surface area contributed by atoms with Crippen LogP contribution in [0.25, 0.3) is 6.08 Å². The minimum atomic E-state index is -0.456. The molecule has 3 rings (SSSR count). The third-order valence-electron chi connectivity index (χ3n) is 4.68. The summed E-state index contributed by atoms with van der Waals surface area (Å²) in [4.78, 5) is 26.2. The number of ether oxygens (including phenoxy) is 2. The molecule has 158 valence electrons. The molecule has 0 radical (unpaired) electrons. The van der Waals surface area contributed by atoms with Crippen LogP contribution in [-0.4, -0.2) is 29.5 Å². The van der Waals surface area contributed by atoms with Crippen LogP contribution in [-0.2, 0) is 11.3 Å². The van der Waals surface area contributed by atoms with Crippen LogP contribution < -0.4 is 14.8 Å². The number of benzene rings is 2. The third kappa shape index (κ3) is 4.94. The lowest BCUT2D eigenvalue weighted by Gasteiger charge is -2.18. The second-order valence-corrected chi connectivity index (χ2v) is 7.37. The van der Waals surface area contributed by atoms with Crippen LogP contribution in [0, 0.1) is 0 Å². The molecule has 7 heteroatoms. The summed E-state index contributed by atoms with van der Waals surface area (Å²) in [6.07, 6.45) is 2.39. The van der Waals surface area contributed by atoms with Crippen molar-refractivity contribution in [3.8, 4) is 11.5 Å². The van der Waals surface area contributed by atoms with Crippen molar-refractivity contribution in [1.82, 2.24) is 10.2 Å². The number of nitrogens with one attached hydrogen (secondary N) is 1. The third-order valence-corrected chi connectivity index (χ3v) is 4.96. The molecule has 0 bridgehead atoms. The lowest BCUT2D eigenvalue weighted by molar-refractivity contribution is -0.123. The summed E-state index contributed by atoms with van der Waals surface area (Å²) >= 11 is 6.44. The van der Waals surface area contributed by atoms with Gasteiger partial charge in [-0.05, 0) is 49.6 Å².